The number of hydrogen-bond acceptors (Lipinski definition) is 5. The number of aromatic nitrogens is 1. The maximum absolute atomic E-state index is 12.6. The summed E-state index contributed by atoms with van der Waals surface area (Å²) in [5.41, 5.74) is 2.76. The average molecular weight is 454 g/mol. The highest BCUT2D eigenvalue weighted by atomic mass is 35.5. The van der Waals surface area contributed by atoms with E-state index in [4.69, 9.17) is 16.9 Å². The van der Waals surface area contributed by atoms with E-state index in [0.717, 1.165) is 5.56 Å². The molecule has 0 saturated carbocycles. The number of nitriles is 1. The number of aromatic hydroxyl groups is 2. The fourth-order valence-electron chi connectivity index (χ4n) is 3.83. The monoisotopic (exact) mass is 453 g/mol. The molecule has 8 heteroatoms. The molecule has 0 radical (unpaired) electrons. The van der Waals surface area contributed by atoms with E-state index in [1.54, 1.807) is 18.2 Å². The van der Waals surface area contributed by atoms with Crippen molar-refractivity contribution in [1.29, 1.82) is 5.26 Å². The standard InChI is InChI=1S/C23H20ClN3O3S/c24-19-10-9-18(31-19)21(28)26-17-8-2-7-16-20(17)23(30)27(22(16)29)11-3-6-14-4-1-5-15(12-14)13-25/h1-2,4-5,8-10,12,17,29-30H,3,6-7,11H2,(H,26,28). The van der Waals surface area contributed by atoms with Gasteiger partial charge in [-0.25, -0.2) is 0 Å². The number of carbonyl (C=O) groups excluding carboxylic acids is 1. The summed E-state index contributed by atoms with van der Waals surface area (Å²) < 4.78 is 2.00. The van der Waals surface area contributed by atoms with Gasteiger partial charge in [0, 0.05) is 17.7 Å². The van der Waals surface area contributed by atoms with Crippen LogP contribution in [0, 0.1) is 11.3 Å². The molecule has 2 aromatic heterocycles. The summed E-state index contributed by atoms with van der Waals surface area (Å²) in [5, 5.41) is 33.5. The zero-order valence-corrected chi connectivity index (χ0v) is 18.1. The molecule has 3 N–H and O–H groups in total. The first-order chi connectivity index (χ1) is 15.0. The Bertz CT molecular complexity index is 1210. The van der Waals surface area contributed by atoms with E-state index in [-0.39, 0.29) is 17.7 Å². The first kappa shape index (κ1) is 21.0. The largest absolute Gasteiger partial charge is 0.494 e. The Morgan fingerprint density at radius 2 is 2.13 bits per heavy atom. The number of allylic oxidation sites excluding steroid dienone is 1. The number of nitrogens with one attached hydrogen (secondary N) is 1. The second kappa shape index (κ2) is 8.88. The second-order valence-corrected chi connectivity index (χ2v) is 9.01. The number of aryl methyl sites for hydroxylation is 1. The van der Waals surface area contributed by atoms with Gasteiger partial charge in [0.25, 0.3) is 5.91 Å². The molecule has 31 heavy (non-hydrogen) atoms. The van der Waals surface area contributed by atoms with Crippen molar-refractivity contribution in [3.63, 3.8) is 0 Å². The number of rotatable bonds is 6. The summed E-state index contributed by atoms with van der Waals surface area (Å²) in [4.78, 5) is 13.0. The highest BCUT2D eigenvalue weighted by Gasteiger charge is 2.30. The predicted octanol–water partition coefficient (Wildman–Crippen LogP) is 4.70. The highest BCUT2D eigenvalue weighted by Crippen LogP contribution is 2.41. The van der Waals surface area contributed by atoms with Crippen molar-refractivity contribution in [3.05, 3.63) is 80.0 Å². The molecule has 0 fully saturated rings. The van der Waals surface area contributed by atoms with Gasteiger partial charge in [-0.1, -0.05) is 35.9 Å². The van der Waals surface area contributed by atoms with E-state index in [1.807, 2.05) is 30.4 Å². The van der Waals surface area contributed by atoms with E-state index in [1.165, 1.54) is 15.9 Å². The quantitative estimate of drug-likeness (QED) is 0.471. The van der Waals surface area contributed by atoms with Gasteiger partial charge in [-0.3, -0.25) is 9.36 Å². The van der Waals surface area contributed by atoms with Gasteiger partial charge in [0.05, 0.1) is 26.9 Å². The van der Waals surface area contributed by atoms with Crippen molar-refractivity contribution in [2.24, 2.45) is 0 Å². The number of hydrogen-bond donors (Lipinski definition) is 3. The summed E-state index contributed by atoms with van der Waals surface area (Å²) in [6.45, 7) is 0.405. The van der Waals surface area contributed by atoms with Crippen LogP contribution in [0.2, 0.25) is 4.34 Å². The van der Waals surface area contributed by atoms with E-state index >= 15 is 0 Å². The molecule has 6 nitrogen and oxygen atoms in total. The Kier molecular flexibility index (Phi) is 6.03. The van der Waals surface area contributed by atoms with Crippen LogP contribution in [-0.2, 0) is 19.4 Å². The van der Waals surface area contributed by atoms with Gasteiger partial charge < -0.3 is 15.5 Å². The van der Waals surface area contributed by atoms with Crippen LogP contribution in [0.5, 0.6) is 11.8 Å². The zero-order chi connectivity index (χ0) is 22.0. The van der Waals surface area contributed by atoms with Crippen LogP contribution in [0.3, 0.4) is 0 Å². The molecule has 1 unspecified atom stereocenters. The van der Waals surface area contributed by atoms with Crippen LogP contribution in [0.15, 0.2) is 48.6 Å². The Hall–Kier alpha value is -3.21. The van der Waals surface area contributed by atoms with Crippen molar-refractivity contribution in [2.45, 2.75) is 31.8 Å². The van der Waals surface area contributed by atoms with Crippen LogP contribution >= 0.6 is 22.9 Å². The molecule has 3 aromatic rings. The molecule has 1 aromatic carbocycles. The number of benzene rings is 1. The molecular weight excluding hydrogens is 434 g/mol. The lowest BCUT2D eigenvalue weighted by molar-refractivity contribution is 0.0947. The molecular formula is C23H20ClN3O3S. The minimum atomic E-state index is -0.545. The summed E-state index contributed by atoms with van der Waals surface area (Å²) in [6, 6.07) is 12.3. The molecule has 1 aliphatic rings. The van der Waals surface area contributed by atoms with Gasteiger partial charge in [-0.15, -0.1) is 11.3 Å². The number of thiophene rings is 1. The third-order valence-corrected chi connectivity index (χ3v) is 6.53. The molecule has 0 aliphatic heterocycles. The van der Waals surface area contributed by atoms with Gasteiger partial charge in [0.1, 0.15) is 0 Å². The minimum absolute atomic E-state index is 0.0149. The summed E-state index contributed by atoms with van der Waals surface area (Å²) in [6.07, 6.45) is 5.53. The fraction of sp³-hybridized carbons (Fsp3) is 0.217. The molecule has 0 saturated heterocycles. The normalized spacial score (nSPS) is 14.8. The minimum Gasteiger partial charge on any atom is -0.494 e. The van der Waals surface area contributed by atoms with Gasteiger partial charge >= 0.3 is 0 Å². The lowest BCUT2D eigenvalue weighted by Crippen LogP contribution is -2.28. The van der Waals surface area contributed by atoms with Crippen molar-refractivity contribution in [2.75, 3.05) is 0 Å². The molecule has 158 valence electrons. The third-order valence-electron chi connectivity index (χ3n) is 5.30. The fourth-order valence-corrected chi connectivity index (χ4v) is 4.77. The van der Waals surface area contributed by atoms with Crippen LogP contribution in [0.25, 0.3) is 0 Å². The average Bonchev–Trinajstić information content (AvgIpc) is 3.31. The van der Waals surface area contributed by atoms with Gasteiger partial charge in [0.2, 0.25) is 0 Å². The smallest absolute Gasteiger partial charge is 0.262 e. The first-order valence-corrected chi connectivity index (χ1v) is 11.0. The highest BCUT2D eigenvalue weighted by molar-refractivity contribution is 7.18. The lowest BCUT2D eigenvalue weighted by atomic mass is 9.96. The molecule has 1 atom stereocenters. The van der Waals surface area contributed by atoms with Crippen molar-refractivity contribution in [1.82, 2.24) is 9.88 Å². The van der Waals surface area contributed by atoms with E-state index in [2.05, 4.69) is 11.4 Å². The van der Waals surface area contributed by atoms with E-state index in [9.17, 15) is 15.0 Å². The van der Waals surface area contributed by atoms with Crippen molar-refractivity contribution < 1.29 is 15.0 Å². The first-order valence-electron chi connectivity index (χ1n) is 9.83. The summed E-state index contributed by atoms with van der Waals surface area (Å²) in [5.74, 6) is -0.318. The molecule has 0 spiro atoms. The van der Waals surface area contributed by atoms with Gasteiger partial charge in [0.15, 0.2) is 11.8 Å². The molecule has 2 heterocycles. The van der Waals surface area contributed by atoms with Crippen molar-refractivity contribution in [3.8, 4) is 17.8 Å². The molecule has 1 aliphatic carbocycles. The molecule has 1 amide bonds. The number of carbonyl (C=O) groups is 1. The topological polar surface area (TPSA) is 98.3 Å². The van der Waals surface area contributed by atoms with E-state index < -0.39 is 6.04 Å². The van der Waals surface area contributed by atoms with Crippen LogP contribution in [0.1, 0.15) is 44.4 Å². The van der Waals surface area contributed by atoms with Gasteiger partial charge in [-0.2, -0.15) is 5.26 Å². The van der Waals surface area contributed by atoms with Crippen LogP contribution in [-0.4, -0.2) is 20.7 Å². The maximum atomic E-state index is 12.6. The van der Waals surface area contributed by atoms with Crippen LogP contribution in [0.4, 0.5) is 0 Å². The number of nitrogens with zero attached hydrogens (tertiary/aromatic N) is 2. The number of amides is 1. The molecule has 0 bridgehead atoms. The van der Waals surface area contributed by atoms with Crippen molar-refractivity contribution >= 4 is 28.8 Å². The number of fused-ring (bicyclic) bond motifs is 1. The summed E-state index contributed by atoms with van der Waals surface area (Å²) in [7, 11) is 0. The Labute approximate surface area is 188 Å². The zero-order valence-electron chi connectivity index (χ0n) is 16.5. The SMILES string of the molecule is N#Cc1cccc(CCCn2c(O)c3c(c2O)C(NC(=O)c2ccc(Cl)s2)C=CC3)c1. The third kappa shape index (κ3) is 4.31. The maximum Gasteiger partial charge on any atom is 0.262 e. The summed E-state index contributed by atoms with van der Waals surface area (Å²) >= 11 is 7.10. The van der Waals surface area contributed by atoms with Gasteiger partial charge in [-0.05, 0) is 49.1 Å². The predicted molar refractivity (Wildman–Crippen MR) is 120 cm³/mol. The molecule has 4 rings (SSSR count). The Morgan fingerprint density at radius 3 is 2.87 bits per heavy atom. The Balaban J connectivity index is 1.50. The number of halogens is 1. The van der Waals surface area contributed by atoms with E-state index in [0.29, 0.717) is 51.7 Å². The lowest BCUT2D eigenvalue weighted by Gasteiger charge is -2.19. The Morgan fingerprint density at radius 1 is 1.29 bits per heavy atom. The second-order valence-electron chi connectivity index (χ2n) is 7.29. The van der Waals surface area contributed by atoms with Crippen LogP contribution < -0.4 is 5.32 Å².